The van der Waals surface area contributed by atoms with Crippen LogP contribution in [-0.2, 0) is 4.74 Å². The van der Waals surface area contributed by atoms with Crippen LogP contribution in [-0.4, -0.2) is 34.7 Å². The summed E-state index contributed by atoms with van der Waals surface area (Å²) >= 11 is 8.79. The smallest absolute Gasteiger partial charge is 0.356 e. The molecule has 0 bridgehead atoms. The molecule has 2 aromatic heterocycles. The zero-order chi connectivity index (χ0) is 22.6. The van der Waals surface area contributed by atoms with Gasteiger partial charge in [-0.25, -0.2) is 9.78 Å². The first-order valence-corrected chi connectivity index (χ1v) is 12.4. The van der Waals surface area contributed by atoms with Crippen LogP contribution in [0.5, 0.6) is 0 Å². The van der Waals surface area contributed by atoms with E-state index in [9.17, 15) is 4.79 Å². The SMILES string of the molecule is C/C=C\C(C)=C/CCl.CCOC(=O)c1cnc(-c2ccc(-c3cccc(SC)c3)s2)[nH]1. The number of hydrogen-bond donors (Lipinski definition) is 1. The number of aromatic amines is 1. The Morgan fingerprint density at radius 2 is 2.06 bits per heavy atom. The van der Waals surface area contributed by atoms with Crippen molar-refractivity contribution in [1.29, 1.82) is 0 Å². The number of rotatable bonds is 7. The summed E-state index contributed by atoms with van der Waals surface area (Å²) in [4.78, 5) is 22.4. The minimum Gasteiger partial charge on any atom is -0.461 e. The number of hydrogen-bond acceptors (Lipinski definition) is 5. The van der Waals surface area contributed by atoms with Gasteiger partial charge in [-0.05, 0) is 56.9 Å². The number of esters is 1. The normalized spacial score (nSPS) is 11.3. The third-order valence-electron chi connectivity index (χ3n) is 4.09. The maximum atomic E-state index is 11.7. The molecule has 3 rings (SSSR count). The highest BCUT2D eigenvalue weighted by Crippen LogP contribution is 2.34. The molecule has 3 aromatic rings. The largest absolute Gasteiger partial charge is 0.461 e. The molecule has 0 radical (unpaired) electrons. The third kappa shape index (κ3) is 7.73. The third-order valence-corrected chi connectivity index (χ3v) is 6.11. The van der Waals surface area contributed by atoms with Gasteiger partial charge in [-0.3, -0.25) is 0 Å². The number of thiophene rings is 1. The quantitative estimate of drug-likeness (QED) is 0.167. The van der Waals surface area contributed by atoms with Crippen molar-refractivity contribution in [3.8, 4) is 21.1 Å². The molecule has 1 aromatic carbocycles. The lowest BCUT2D eigenvalue weighted by atomic mass is 10.2. The Balaban J connectivity index is 0.000000366. The van der Waals surface area contributed by atoms with E-state index in [4.69, 9.17) is 16.3 Å². The van der Waals surface area contributed by atoms with Gasteiger partial charge in [0.2, 0.25) is 0 Å². The van der Waals surface area contributed by atoms with Crippen LogP contribution in [0.15, 0.2) is 71.3 Å². The Kier molecular flexibility index (Phi) is 10.6. The van der Waals surface area contributed by atoms with E-state index in [1.54, 1.807) is 30.0 Å². The summed E-state index contributed by atoms with van der Waals surface area (Å²) < 4.78 is 4.97. The number of aromatic nitrogens is 2. The van der Waals surface area contributed by atoms with Crippen molar-refractivity contribution in [2.75, 3.05) is 18.7 Å². The number of nitrogens with one attached hydrogen (secondary N) is 1. The number of alkyl halides is 1. The van der Waals surface area contributed by atoms with E-state index < -0.39 is 0 Å². The Hall–Kier alpha value is -2.28. The first-order valence-electron chi connectivity index (χ1n) is 9.84. The van der Waals surface area contributed by atoms with Gasteiger partial charge in [0, 0.05) is 15.7 Å². The molecule has 0 aliphatic rings. The molecular weight excluding hydrogens is 448 g/mol. The monoisotopic (exact) mass is 474 g/mol. The van der Waals surface area contributed by atoms with Gasteiger partial charge < -0.3 is 9.72 Å². The van der Waals surface area contributed by atoms with Gasteiger partial charge in [-0.2, -0.15) is 0 Å². The average Bonchev–Trinajstić information content (AvgIpc) is 3.45. The van der Waals surface area contributed by atoms with Crippen LogP contribution in [0.2, 0.25) is 0 Å². The van der Waals surface area contributed by atoms with Crippen LogP contribution in [0.25, 0.3) is 21.1 Å². The Labute approximate surface area is 197 Å². The van der Waals surface area contributed by atoms with Gasteiger partial charge in [0.25, 0.3) is 0 Å². The standard InChI is InChI=1S/C17H16N2O2S2.C7H11Cl/c1-3-21-17(20)13-10-18-16(19-13)15-8-7-14(23-15)11-5-4-6-12(9-11)22-2;1-3-4-7(2)5-6-8/h4-10H,3H2,1-2H3,(H,18,19);3-5H,6H2,1-2H3/b;4-3-,7-5-. The molecule has 0 fully saturated rings. The van der Waals surface area contributed by atoms with Crippen molar-refractivity contribution in [2.24, 2.45) is 0 Å². The van der Waals surface area contributed by atoms with E-state index in [1.807, 2.05) is 38.1 Å². The number of imidazole rings is 1. The van der Waals surface area contributed by atoms with Crippen LogP contribution in [0, 0.1) is 0 Å². The maximum Gasteiger partial charge on any atom is 0.356 e. The van der Waals surface area contributed by atoms with E-state index in [-0.39, 0.29) is 5.97 Å². The Bertz CT molecular complexity index is 1040. The fraction of sp³-hybridized carbons (Fsp3) is 0.250. The second-order valence-electron chi connectivity index (χ2n) is 6.36. The Morgan fingerprint density at radius 1 is 1.29 bits per heavy atom. The van der Waals surface area contributed by atoms with E-state index in [0.29, 0.717) is 24.0 Å². The minimum atomic E-state index is -0.379. The number of allylic oxidation sites excluding steroid dienone is 4. The van der Waals surface area contributed by atoms with Crippen molar-refractivity contribution >= 4 is 40.7 Å². The average molecular weight is 475 g/mol. The molecule has 0 aliphatic carbocycles. The lowest BCUT2D eigenvalue weighted by Crippen LogP contribution is -2.04. The van der Waals surface area contributed by atoms with Crippen LogP contribution in [0.3, 0.4) is 0 Å². The molecule has 0 spiro atoms. The van der Waals surface area contributed by atoms with Gasteiger partial charge in [0.1, 0.15) is 11.5 Å². The minimum absolute atomic E-state index is 0.349. The van der Waals surface area contributed by atoms with E-state index in [1.165, 1.54) is 27.1 Å². The summed E-state index contributed by atoms with van der Waals surface area (Å²) in [6.45, 7) is 6.15. The van der Waals surface area contributed by atoms with Gasteiger partial charge in [-0.15, -0.1) is 34.7 Å². The zero-order valence-electron chi connectivity index (χ0n) is 18.1. The number of thioether (sulfide) groups is 1. The summed E-state index contributed by atoms with van der Waals surface area (Å²) in [7, 11) is 0. The molecule has 0 saturated carbocycles. The van der Waals surface area contributed by atoms with E-state index in [2.05, 4.69) is 46.6 Å². The molecule has 164 valence electrons. The molecule has 0 atom stereocenters. The predicted octanol–water partition coefficient (Wildman–Crippen LogP) is 7.45. The highest BCUT2D eigenvalue weighted by Gasteiger charge is 2.13. The predicted molar refractivity (Wildman–Crippen MR) is 134 cm³/mol. The molecule has 0 unspecified atom stereocenters. The number of H-pyrrole nitrogens is 1. The van der Waals surface area contributed by atoms with Crippen LogP contribution in [0.1, 0.15) is 31.3 Å². The topological polar surface area (TPSA) is 55.0 Å². The first-order chi connectivity index (χ1) is 15.0. The van der Waals surface area contributed by atoms with Crippen LogP contribution in [0.4, 0.5) is 0 Å². The number of halogens is 1. The van der Waals surface area contributed by atoms with Gasteiger partial charge in [0.15, 0.2) is 0 Å². The van der Waals surface area contributed by atoms with Crippen molar-refractivity contribution in [2.45, 2.75) is 25.7 Å². The molecule has 7 heteroatoms. The molecule has 0 aliphatic heterocycles. The summed E-state index contributed by atoms with van der Waals surface area (Å²) in [6, 6.07) is 12.5. The fourth-order valence-electron chi connectivity index (χ4n) is 2.61. The summed E-state index contributed by atoms with van der Waals surface area (Å²) in [5.41, 5.74) is 2.79. The number of carbonyl (C=O) groups is 1. The second-order valence-corrected chi connectivity index (χ2v) is 8.64. The summed E-state index contributed by atoms with van der Waals surface area (Å²) in [6.07, 6.45) is 9.59. The van der Waals surface area contributed by atoms with E-state index >= 15 is 0 Å². The number of carbonyl (C=O) groups excluding carboxylic acids is 1. The molecule has 31 heavy (non-hydrogen) atoms. The molecule has 2 heterocycles. The van der Waals surface area contributed by atoms with Crippen molar-refractivity contribution in [3.63, 3.8) is 0 Å². The maximum absolute atomic E-state index is 11.7. The van der Waals surface area contributed by atoms with Crippen molar-refractivity contribution in [3.05, 3.63) is 72.1 Å². The number of nitrogens with zero attached hydrogens (tertiary/aromatic N) is 1. The van der Waals surface area contributed by atoms with Gasteiger partial charge >= 0.3 is 5.97 Å². The molecule has 4 nitrogen and oxygen atoms in total. The van der Waals surface area contributed by atoms with Crippen molar-refractivity contribution in [1.82, 2.24) is 9.97 Å². The Morgan fingerprint density at radius 3 is 2.74 bits per heavy atom. The van der Waals surface area contributed by atoms with Crippen LogP contribution < -0.4 is 0 Å². The molecule has 0 saturated heterocycles. The first kappa shape index (κ1) is 25.0. The number of benzene rings is 1. The zero-order valence-corrected chi connectivity index (χ0v) is 20.5. The van der Waals surface area contributed by atoms with Crippen molar-refractivity contribution < 1.29 is 9.53 Å². The molecular formula is C24H27ClN2O2S2. The van der Waals surface area contributed by atoms with Gasteiger partial charge in [-0.1, -0.05) is 35.9 Å². The molecule has 0 amide bonds. The van der Waals surface area contributed by atoms with E-state index in [0.717, 1.165) is 4.88 Å². The lowest BCUT2D eigenvalue weighted by molar-refractivity contribution is 0.0520. The molecule has 1 N–H and O–H groups in total. The lowest BCUT2D eigenvalue weighted by Gasteiger charge is -2.00. The summed E-state index contributed by atoms with van der Waals surface area (Å²) in [5, 5.41) is 0. The van der Waals surface area contributed by atoms with Gasteiger partial charge in [0.05, 0.1) is 17.7 Å². The highest BCUT2D eigenvalue weighted by molar-refractivity contribution is 7.98. The summed E-state index contributed by atoms with van der Waals surface area (Å²) in [5.74, 6) is 0.914. The fourth-order valence-corrected chi connectivity index (χ4v) is 4.27. The van der Waals surface area contributed by atoms with Crippen LogP contribution >= 0.6 is 34.7 Å². The second kappa shape index (κ2) is 13.2. The highest BCUT2D eigenvalue weighted by atomic mass is 35.5. The number of ether oxygens (including phenoxy) is 1.